The first-order valence-corrected chi connectivity index (χ1v) is 7.80. The van der Waals surface area contributed by atoms with E-state index < -0.39 is 5.97 Å². The van der Waals surface area contributed by atoms with Crippen molar-refractivity contribution in [1.29, 1.82) is 0 Å². The first kappa shape index (κ1) is 12.9. The number of nitrogens with zero attached hydrogens (tertiary/aromatic N) is 2. The molecule has 2 aromatic rings. The maximum absolute atomic E-state index is 11.0. The highest BCUT2D eigenvalue weighted by atomic mass is 16.4. The highest BCUT2D eigenvalue weighted by Crippen LogP contribution is 2.35. The Bertz CT molecular complexity index is 717. The number of para-hydroxylation sites is 1. The van der Waals surface area contributed by atoms with Gasteiger partial charge < -0.3 is 9.67 Å². The first-order chi connectivity index (χ1) is 10.2. The van der Waals surface area contributed by atoms with E-state index in [4.69, 9.17) is 5.11 Å². The van der Waals surface area contributed by atoms with Gasteiger partial charge in [0.15, 0.2) is 0 Å². The third-order valence-electron chi connectivity index (χ3n) is 4.87. The minimum Gasteiger partial charge on any atom is -0.480 e. The molecular formula is C17H20N2O2. The molecule has 21 heavy (non-hydrogen) atoms. The van der Waals surface area contributed by atoms with E-state index in [0.717, 1.165) is 19.6 Å². The SMILES string of the molecule is O=C(O)CN1CCn2c3c(c4cccc(c42)C1)CCCC3. The van der Waals surface area contributed by atoms with Crippen LogP contribution < -0.4 is 0 Å². The van der Waals surface area contributed by atoms with Crippen molar-refractivity contribution in [3.8, 4) is 0 Å². The van der Waals surface area contributed by atoms with Crippen molar-refractivity contribution in [3.05, 3.63) is 35.0 Å². The Morgan fingerprint density at radius 3 is 2.90 bits per heavy atom. The topological polar surface area (TPSA) is 45.5 Å². The minimum atomic E-state index is -0.740. The van der Waals surface area contributed by atoms with Gasteiger partial charge in [-0.2, -0.15) is 0 Å². The molecule has 0 amide bonds. The minimum absolute atomic E-state index is 0.128. The summed E-state index contributed by atoms with van der Waals surface area (Å²) in [5.74, 6) is -0.740. The lowest BCUT2D eigenvalue weighted by Gasteiger charge is -2.19. The number of benzene rings is 1. The van der Waals surface area contributed by atoms with Gasteiger partial charge in [-0.25, -0.2) is 0 Å². The molecule has 4 nitrogen and oxygen atoms in total. The highest BCUT2D eigenvalue weighted by molar-refractivity contribution is 5.88. The third kappa shape index (κ3) is 2.05. The number of carboxylic acid groups (broad SMARTS) is 1. The van der Waals surface area contributed by atoms with Gasteiger partial charge in [0.1, 0.15) is 0 Å². The summed E-state index contributed by atoms with van der Waals surface area (Å²) >= 11 is 0. The molecule has 110 valence electrons. The average Bonchev–Trinajstić information content (AvgIpc) is 2.67. The quantitative estimate of drug-likeness (QED) is 0.921. The zero-order chi connectivity index (χ0) is 14.4. The average molecular weight is 284 g/mol. The van der Waals surface area contributed by atoms with E-state index in [1.54, 1.807) is 5.56 Å². The Morgan fingerprint density at radius 2 is 2.05 bits per heavy atom. The predicted octanol–water partition coefficient (Wildman–Crippen LogP) is 2.42. The Morgan fingerprint density at radius 1 is 1.19 bits per heavy atom. The van der Waals surface area contributed by atoms with E-state index in [1.807, 2.05) is 4.90 Å². The van der Waals surface area contributed by atoms with Gasteiger partial charge in [0.25, 0.3) is 0 Å². The Labute approximate surface area is 124 Å². The molecule has 2 heterocycles. The summed E-state index contributed by atoms with van der Waals surface area (Å²) in [6.07, 6.45) is 4.93. The monoisotopic (exact) mass is 284 g/mol. The zero-order valence-corrected chi connectivity index (χ0v) is 12.1. The number of hydrogen-bond donors (Lipinski definition) is 1. The first-order valence-electron chi connectivity index (χ1n) is 7.80. The maximum atomic E-state index is 11.0. The number of carbonyl (C=O) groups is 1. The van der Waals surface area contributed by atoms with Crippen molar-refractivity contribution in [2.24, 2.45) is 0 Å². The second-order valence-corrected chi connectivity index (χ2v) is 6.20. The van der Waals surface area contributed by atoms with Crippen LogP contribution in [-0.2, 0) is 30.7 Å². The third-order valence-corrected chi connectivity index (χ3v) is 4.87. The number of rotatable bonds is 2. The predicted molar refractivity (Wildman–Crippen MR) is 81.5 cm³/mol. The molecule has 2 aliphatic rings. The molecule has 1 aliphatic carbocycles. The molecular weight excluding hydrogens is 264 g/mol. The standard InChI is InChI=1S/C17H20N2O2/c20-16(21)11-18-8-9-19-15-7-2-1-5-13(15)14-6-3-4-12(10-18)17(14)19/h3-4,6H,1-2,5,7-11H2,(H,20,21). The lowest BCUT2D eigenvalue weighted by molar-refractivity contribution is -0.138. The van der Waals surface area contributed by atoms with Crippen molar-refractivity contribution < 1.29 is 9.90 Å². The summed E-state index contributed by atoms with van der Waals surface area (Å²) in [5.41, 5.74) is 5.68. The second kappa shape index (κ2) is 4.88. The van der Waals surface area contributed by atoms with Crippen LogP contribution in [0.4, 0.5) is 0 Å². The van der Waals surface area contributed by atoms with Crippen molar-refractivity contribution in [3.63, 3.8) is 0 Å². The highest BCUT2D eigenvalue weighted by Gasteiger charge is 2.25. The van der Waals surface area contributed by atoms with Gasteiger partial charge in [-0.15, -0.1) is 0 Å². The normalized spacial score (nSPS) is 18.5. The number of aryl methyl sites for hydroxylation is 1. The lowest BCUT2D eigenvalue weighted by atomic mass is 9.95. The largest absolute Gasteiger partial charge is 0.480 e. The van der Waals surface area contributed by atoms with E-state index in [0.29, 0.717) is 0 Å². The fraction of sp³-hybridized carbons (Fsp3) is 0.471. The summed E-state index contributed by atoms with van der Waals surface area (Å²) in [6.45, 7) is 2.60. The summed E-state index contributed by atoms with van der Waals surface area (Å²) < 4.78 is 2.47. The number of fused-ring (bicyclic) bond motifs is 3. The van der Waals surface area contributed by atoms with Crippen LogP contribution >= 0.6 is 0 Å². The molecule has 0 unspecified atom stereocenters. The van der Waals surface area contributed by atoms with Crippen LogP contribution in [0, 0.1) is 0 Å². The van der Waals surface area contributed by atoms with Crippen molar-refractivity contribution in [2.75, 3.05) is 13.1 Å². The molecule has 0 saturated carbocycles. The van der Waals surface area contributed by atoms with E-state index in [-0.39, 0.29) is 6.54 Å². The van der Waals surface area contributed by atoms with E-state index in [9.17, 15) is 4.79 Å². The summed E-state index contributed by atoms with van der Waals surface area (Å²) in [5, 5.41) is 10.5. The van der Waals surface area contributed by atoms with Gasteiger partial charge in [-0.05, 0) is 36.8 Å². The molecule has 0 saturated heterocycles. The van der Waals surface area contributed by atoms with Gasteiger partial charge in [0.2, 0.25) is 0 Å². The fourth-order valence-electron chi connectivity index (χ4n) is 4.03. The zero-order valence-electron chi connectivity index (χ0n) is 12.1. The summed E-state index contributed by atoms with van der Waals surface area (Å²) in [7, 11) is 0. The number of aliphatic carboxylic acids is 1. The molecule has 1 aliphatic heterocycles. The fourth-order valence-corrected chi connectivity index (χ4v) is 4.03. The van der Waals surface area contributed by atoms with Gasteiger partial charge in [-0.3, -0.25) is 9.69 Å². The van der Waals surface area contributed by atoms with Gasteiger partial charge in [0.05, 0.1) is 12.1 Å². The van der Waals surface area contributed by atoms with Crippen molar-refractivity contribution in [2.45, 2.75) is 38.8 Å². The van der Waals surface area contributed by atoms with Crippen LogP contribution in [0.2, 0.25) is 0 Å². The van der Waals surface area contributed by atoms with Crippen LogP contribution in [0.25, 0.3) is 10.9 Å². The van der Waals surface area contributed by atoms with Crippen LogP contribution in [0.5, 0.6) is 0 Å². The molecule has 0 atom stereocenters. The number of carboxylic acids is 1. The summed E-state index contributed by atoms with van der Waals surface area (Å²) in [6, 6.07) is 6.53. The molecule has 4 heteroatoms. The smallest absolute Gasteiger partial charge is 0.317 e. The van der Waals surface area contributed by atoms with Gasteiger partial charge in [-0.1, -0.05) is 18.2 Å². The Hall–Kier alpha value is -1.81. The lowest BCUT2D eigenvalue weighted by Crippen LogP contribution is -2.31. The Balaban J connectivity index is 1.85. The van der Waals surface area contributed by atoms with E-state index in [2.05, 4.69) is 22.8 Å². The van der Waals surface area contributed by atoms with Crippen LogP contribution in [0.1, 0.15) is 29.7 Å². The van der Waals surface area contributed by atoms with E-state index >= 15 is 0 Å². The van der Waals surface area contributed by atoms with Crippen molar-refractivity contribution >= 4 is 16.9 Å². The number of aromatic nitrogens is 1. The molecule has 0 fully saturated rings. The van der Waals surface area contributed by atoms with Crippen molar-refractivity contribution in [1.82, 2.24) is 9.47 Å². The molecule has 0 radical (unpaired) electrons. The molecule has 4 rings (SSSR count). The van der Waals surface area contributed by atoms with Crippen LogP contribution in [0.15, 0.2) is 18.2 Å². The van der Waals surface area contributed by atoms with Gasteiger partial charge >= 0.3 is 5.97 Å². The Kier molecular flexibility index (Phi) is 3.00. The molecule has 1 N–H and O–H groups in total. The maximum Gasteiger partial charge on any atom is 0.317 e. The van der Waals surface area contributed by atoms with Crippen LogP contribution in [0.3, 0.4) is 0 Å². The van der Waals surface area contributed by atoms with E-state index in [1.165, 1.54) is 47.8 Å². The molecule has 1 aromatic carbocycles. The molecule has 0 spiro atoms. The molecule has 0 bridgehead atoms. The van der Waals surface area contributed by atoms with Crippen LogP contribution in [-0.4, -0.2) is 33.6 Å². The second-order valence-electron chi connectivity index (χ2n) is 6.20. The molecule has 1 aromatic heterocycles. The summed E-state index contributed by atoms with van der Waals surface area (Å²) in [4.78, 5) is 13.1. The van der Waals surface area contributed by atoms with Gasteiger partial charge in [0, 0.05) is 30.7 Å². The number of hydrogen-bond acceptors (Lipinski definition) is 2.